The van der Waals surface area contributed by atoms with Gasteiger partial charge in [0.05, 0.1) is 24.3 Å². The molecule has 0 amide bonds. The predicted octanol–water partition coefficient (Wildman–Crippen LogP) is 5.42. The molecule has 0 saturated carbocycles. The lowest BCUT2D eigenvalue weighted by molar-refractivity contribution is -0.144. The first-order valence-corrected chi connectivity index (χ1v) is 11.5. The maximum Gasteiger partial charge on any atom is 0.420 e. The monoisotopic (exact) mass is 581 g/mol. The van der Waals surface area contributed by atoms with Crippen LogP contribution in [0.25, 0.3) is 5.69 Å². The lowest BCUT2D eigenvalue weighted by Crippen LogP contribution is -2.25. The second kappa shape index (κ2) is 10.3. The summed E-state index contributed by atoms with van der Waals surface area (Å²) in [6.07, 6.45) is -15.1. The molecule has 2 N–H and O–H groups in total. The summed E-state index contributed by atoms with van der Waals surface area (Å²) in [5.41, 5.74) is -4.74. The van der Waals surface area contributed by atoms with E-state index in [0.29, 0.717) is 22.8 Å². The Bertz CT molecular complexity index is 1420. The average Bonchev–Trinajstić information content (AvgIpc) is 3.26. The fourth-order valence-electron chi connectivity index (χ4n) is 4.38. The van der Waals surface area contributed by atoms with Crippen molar-refractivity contribution in [2.45, 2.75) is 43.8 Å². The number of carboxylic acids is 1. The van der Waals surface area contributed by atoms with Crippen LogP contribution in [0, 0.1) is 0 Å². The summed E-state index contributed by atoms with van der Waals surface area (Å²) in [6, 6.07) is 4.62. The van der Waals surface area contributed by atoms with Crippen LogP contribution in [0.3, 0.4) is 0 Å². The van der Waals surface area contributed by atoms with Gasteiger partial charge in [-0.1, -0.05) is 12.1 Å². The molecule has 0 aliphatic carbocycles. The molecule has 8 nitrogen and oxygen atoms in total. The second-order valence-corrected chi connectivity index (χ2v) is 8.60. The third kappa shape index (κ3) is 5.32. The molecule has 16 heteroatoms. The Balaban J connectivity index is 2.12. The number of ether oxygens (including phenoxy) is 2. The van der Waals surface area contributed by atoms with Crippen molar-refractivity contribution >= 4 is 5.97 Å². The Labute approximate surface area is 219 Å². The number of carbonyl (C=O) groups is 1. The van der Waals surface area contributed by atoms with E-state index >= 15 is 0 Å². The summed E-state index contributed by atoms with van der Waals surface area (Å²) in [5.74, 6) is -8.33. The van der Waals surface area contributed by atoms with Crippen LogP contribution in [-0.4, -0.2) is 44.2 Å². The van der Waals surface area contributed by atoms with E-state index in [-0.39, 0.29) is 6.61 Å². The normalized spacial score (nSPS) is 17.6. The molecule has 0 bridgehead atoms. The van der Waals surface area contributed by atoms with Crippen LogP contribution < -0.4 is 4.74 Å². The van der Waals surface area contributed by atoms with Crippen molar-refractivity contribution < 1.29 is 59.6 Å². The Morgan fingerprint density at radius 1 is 1.02 bits per heavy atom. The topological polar surface area (TPSA) is 107 Å². The number of alkyl halides is 8. The van der Waals surface area contributed by atoms with Crippen molar-refractivity contribution in [2.75, 3.05) is 13.2 Å². The van der Waals surface area contributed by atoms with Gasteiger partial charge in [0.15, 0.2) is 5.82 Å². The minimum atomic E-state index is -5.13. The fourth-order valence-corrected chi connectivity index (χ4v) is 4.38. The minimum absolute atomic E-state index is 0.213. The summed E-state index contributed by atoms with van der Waals surface area (Å²) < 4.78 is 125. The molecule has 216 valence electrons. The lowest BCUT2D eigenvalue weighted by Gasteiger charge is -2.26. The maximum atomic E-state index is 14.7. The summed E-state index contributed by atoms with van der Waals surface area (Å²) in [7, 11) is 0. The van der Waals surface area contributed by atoms with Crippen LogP contribution in [0.15, 0.2) is 36.4 Å². The van der Waals surface area contributed by atoms with Crippen LogP contribution >= 0.6 is 0 Å². The molecule has 1 aliphatic rings. The number of aliphatic carboxylic acids is 1. The van der Waals surface area contributed by atoms with E-state index in [2.05, 4.69) is 10.2 Å². The molecule has 0 radical (unpaired) electrons. The number of benzene rings is 2. The van der Waals surface area contributed by atoms with E-state index in [4.69, 9.17) is 9.47 Å². The highest BCUT2D eigenvalue weighted by Gasteiger charge is 2.46. The molecular weight excluding hydrogens is 562 g/mol. The summed E-state index contributed by atoms with van der Waals surface area (Å²) in [6.45, 7) is -0.629. The SMILES string of the molecule is CCOc1cccc([C@H]2O[C@H](CC(=O)O)c3nnc(C(F)(F)CO)n3-c3ccc(C(F)(F)F)cc32)c1C(F)(F)F. The second-order valence-electron chi connectivity index (χ2n) is 8.60. The quantitative estimate of drug-likeness (QED) is 0.359. The van der Waals surface area contributed by atoms with Crippen LogP contribution in [0.1, 0.15) is 59.5 Å². The minimum Gasteiger partial charge on any atom is -0.493 e. The first-order valence-electron chi connectivity index (χ1n) is 11.5. The van der Waals surface area contributed by atoms with Crippen LogP contribution in [0.5, 0.6) is 5.75 Å². The number of aromatic nitrogens is 3. The molecule has 4 rings (SSSR count). The first-order chi connectivity index (χ1) is 18.6. The third-order valence-corrected chi connectivity index (χ3v) is 5.96. The number of fused-ring (bicyclic) bond motifs is 3. The largest absolute Gasteiger partial charge is 0.493 e. The number of hydrogen-bond donors (Lipinski definition) is 2. The Morgan fingerprint density at radius 3 is 2.30 bits per heavy atom. The number of halogens is 8. The molecule has 0 saturated heterocycles. The van der Waals surface area contributed by atoms with Gasteiger partial charge in [0.25, 0.3) is 0 Å². The number of carboxylic acid groups (broad SMARTS) is 1. The number of hydrogen-bond acceptors (Lipinski definition) is 6. The summed E-state index contributed by atoms with van der Waals surface area (Å²) >= 11 is 0. The van der Waals surface area contributed by atoms with Crippen LogP contribution in [0.2, 0.25) is 0 Å². The van der Waals surface area contributed by atoms with E-state index in [9.17, 15) is 50.1 Å². The van der Waals surface area contributed by atoms with E-state index < -0.39 is 94.8 Å². The lowest BCUT2D eigenvalue weighted by atomic mass is 9.93. The standard InChI is InChI=1S/C24H19F8N3O5/c1-2-39-15-5-3-4-12(18(15)24(30,31)32)19-13-8-11(23(27,28)29)6-7-14(13)35-20(16(40-19)9-17(37)38)33-34-21(35)22(25,26)10-36/h3-8,16,19,36H,2,9-10H2,1H3,(H,37,38)/t16-,19-/m1/s1. The van der Waals surface area contributed by atoms with Gasteiger partial charge in [-0.2, -0.15) is 35.1 Å². The Hall–Kier alpha value is -3.79. The highest BCUT2D eigenvalue weighted by molar-refractivity contribution is 5.68. The highest BCUT2D eigenvalue weighted by Crippen LogP contribution is 2.49. The number of aliphatic hydroxyl groups is 1. The molecule has 3 aromatic rings. The Kier molecular flexibility index (Phi) is 7.53. The van der Waals surface area contributed by atoms with Gasteiger partial charge >= 0.3 is 24.2 Å². The van der Waals surface area contributed by atoms with Crippen molar-refractivity contribution in [3.63, 3.8) is 0 Å². The summed E-state index contributed by atoms with van der Waals surface area (Å²) in [5, 5.41) is 25.5. The van der Waals surface area contributed by atoms with E-state index in [1.807, 2.05) is 0 Å². The zero-order valence-corrected chi connectivity index (χ0v) is 20.2. The molecule has 0 unspecified atom stereocenters. The molecule has 0 spiro atoms. The average molecular weight is 581 g/mol. The molecule has 2 aromatic carbocycles. The fraction of sp³-hybridized carbons (Fsp3) is 0.375. The smallest absolute Gasteiger partial charge is 0.420 e. The number of aliphatic hydroxyl groups excluding tert-OH is 1. The van der Waals surface area contributed by atoms with Gasteiger partial charge in [-0.15, -0.1) is 10.2 Å². The van der Waals surface area contributed by atoms with E-state index in [1.165, 1.54) is 6.92 Å². The Morgan fingerprint density at radius 2 is 1.73 bits per heavy atom. The predicted molar refractivity (Wildman–Crippen MR) is 118 cm³/mol. The third-order valence-electron chi connectivity index (χ3n) is 5.96. The van der Waals surface area contributed by atoms with Crippen molar-refractivity contribution in [3.8, 4) is 11.4 Å². The number of rotatable bonds is 7. The van der Waals surface area contributed by atoms with Crippen molar-refractivity contribution in [1.82, 2.24) is 14.8 Å². The van der Waals surface area contributed by atoms with E-state index in [1.54, 1.807) is 0 Å². The first kappa shape index (κ1) is 29.2. The molecule has 2 heterocycles. The van der Waals surface area contributed by atoms with Gasteiger partial charge in [-0.25, -0.2) is 0 Å². The van der Waals surface area contributed by atoms with E-state index in [0.717, 1.165) is 18.2 Å². The number of nitrogens with zero attached hydrogens (tertiary/aromatic N) is 3. The molecule has 2 atom stereocenters. The molecule has 1 aliphatic heterocycles. The van der Waals surface area contributed by atoms with Gasteiger partial charge in [0, 0.05) is 11.1 Å². The van der Waals surface area contributed by atoms with Crippen molar-refractivity contribution in [1.29, 1.82) is 0 Å². The van der Waals surface area contributed by atoms with Gasteiger partial charge in [0.2, 0.25) is 5.82 Å². The van der Waals surface area contributed by atoms with Crippen molar-refractivity contribution in [2.24, 2.45) is 0 Å². The van der Waals surface area contributed by atoms with Crippen LogP contribution in [-0.2, 0) is 27.8 Å². The zero-order valence-electron chi connectivity index (χ0n) is 20.2. The van der Waals surface area contributed by atoms with Gasteiger partial charge in [0.1, 0.15) is 30.1 Å². The molecule has 0 fully saturated rings. The van der Waals surface area contributed by atoms with Crippen LogP contribution in [0.4, 0.5) is 35.1 Å². The van der Waals surface area contributed by atoms with Gasteiger partial charge < -0.3 is 19.7 Å². The van der Waals surface area contributed by atoms with Crippen molar-refractivity contribution in [3.05, 3.63) is 70.3 Å². The molecule has 40 heavy (non-hydrogen) atoms. The molecule has 1 aromatic heterocycles. The maximum absolute atomic E-state index is 14.7. The highest BCUT2D eigenvalue weighted by atomic mass is 19.4. The molecular formula is C24H19F8N3O5. The van der Waals surface area contributed by atoms with Gasteiger partial charge in [-0.3, -0.25) is 9.36 Å². The summed E-state index contributed by atoms with van der Waals surface area (Å²) in [4.78, 5) is 11.6. The zero-order chi connectivity index (χ0) is 29.6. The van der Waals surface area contributed by atoms with Gasteiger partial charge in [-0.05, 0) is 31.2 Å².